The average molecular weight is 686 g/mol. The van der Waals surface area contributed by atoms with Crippen LogP contribution in [0.4, 0.5) is 0 Å². The van der Waals surface area contributed by atoms with Crippen LogP contribution in [0.5, 0.6) is 0 Å². The first-order chi connectivity index (χ1) is 22.7. The molecule has 0 aromatic carbocycles. The van der Waals surface area contributed by atoms with Gasteiger partial charge in [-0.3, -0.25) is 9.35 Å². The number of rotatable bonds is 35. The summed E-state index contributed by atoms with van der Waals surface area (Å²) in [5.74, 6) is -1.47. The average Bonchev–Trinajstić information content (AvgIpc) is 3.03. The second-order valence-electron chi connectivity index (χ2n) is 13.7. The summed E-state index contributed by atoms with van der Waals surface area (Å²) >= 11 is 0. The third-order valence-electron chi connectivity index (χ3n) is 9.04. The molecule has 0 bridgehead atoms. The van der Waals surface area contributed by atoms with Gasteiger partial charge in [-0.15, -0.1) is 0 Å². The van der Waals surface area contributed by atoms with Crippen LogP contribution in [0.25, 0.3) is 0 Å². The summed E-state index contributed by atoms with van der Waals surface area (Å²) in [6.45, 7) is 4.47. The number of unbranched alkanes of at least 4 members (excludes halogenated alkanes) is 23. The zero-order chi connectivity index (χ0) is 34.9. The van der Waals surface area contributed by atoms with Crippen LogP contribution < -0.4 is 5.32 Å². The number of amides is 1. The maximum absolute atomic E-state index is 12.6. The fourth-order valence-electron chi connectivity index (χ4n) is 5.98. The molecule has 47 heavy (non-hydrogen) atoms. The van der Waals surface area contributed by atoms with Gasteiger partial charge in [-0.25, -0.2) is 0 Å². The minimum Gasteiger partial charge on any atom is -0.391 e. The lowest BCUT2D eigenvalue weighted by Crippen LogP contribution is -2.50. The van der Waals surface area contributed by atoms with E-state index in [1.54, 1.807) is 0 Å². The van der Waals surface area contributed by atoms with Crippen LogP contribution in [0.2, 0.25) is 0 Å². The van der Waals surface area contributed by atoms with E-state index >= 15 is 0 Å². The van der Waals surface area contributed by atoms with Gasteiger partial charge < -0.3 is 15.5 Å². The molecule has 0 spiro atoms. The highest BCUT2D eigenvalue weighted by Gasteiger charge is 2.28. The van der Waals surface area contributed by atoms with E-state index in [4.69, 9.17) is 0 Å². The van der Waals surface area contributed by atoms with Crippen LogP contribution >= 0.6 is 0 Å². The molecular weight excluding hydrogens is 610 g/mol. The summed E-state index contributed by atoms with van der Waals surface area (Å²) < 4.78 is 32.5. The Morgan fingerprint density at radius 3 is 1.38 bits per heavy atom. The van der Waals surface area contributed by atoms with E-state index < -0.39 is 40.0 Å². The van der Waals surface area contributed by atoms with E-state index in [0.29, 0.717) is 19.3 Å². The van der Waals surface area contributed by atoms with Gasteiger partial charge in [0, 0.05) is 0 Å². The fourth-order valence-corrected chi connectivity index (χ4v) is 6.74. The van der Waals surface area contributed by atoms with E-state index in [-0.39, 0.29) is 6.42 Å². The Morgan fingerprint density at radius 1 is 0.574 bits per heavy atom. The number of hydrogen-bond acceptors (Lipinski definition) is 5. The lowest BCUT2D eigenvalue weighted by Gasteiger charge is -2.24. The molecule has 3 unspecified atom stereocenters. The van der Waals surface area contributed by atoms with Crippen LogP contribution in [-0.4, -0.2) is 53.1 Å². The molecule has 0 saturated heterocycles. The van der Waals surface area contributed by atoms with Gasteiger partial charge in [0.2, 0.25) is 5.91 Å². The highest BCUT2D eigenvalue weighted by atomic mass is 32.2. The van der Waals surface area contributed by atoms with Gasteiger partial charge in [0.1, 0.15) is 6.10 Å². The Hall–Kier alpha value is -1.22. The molecular formula is C39H75NO6S. The molecule has 278 valence electrons. The van der Waals surface area contributed by atoms with Gasteiger partial charge in [-0.05, 0) is 38.5 Å². The van der Waals surface area contributed by atoms with Gasteiger partial charge in [0.25, 0.3) is 10.1 Å². The number of hydrogen-bond donors (Lipinski definition) is 4. The molecule has 0 aromatic heterocycles. The predicted molar refractivity (Wildman–Crippen MR) is 199 cm³/mol. The maximum atomic E-state index is 12.6. The largest absolute Gasteiger partial charge is 0.391 e. The molecule has 0 radical (unpaired) electrons. The Morgan fingerprint density at radius 2 is 0.936 bits per heavy atom. The molecule has 0 aliphatic heterocycles. The van der Waals surface area contributed by atoms with Crippen LogP contribution in [-0.2, 0) is 14.9 Å². The second kappa shape index (κ2) is 33.3. The number of carbonyl (C=O) groups is 1. The third kappa shape index (κ3) is 33.1. The molecule has 4 N–H and O–H groups in total. The standard InChI is InChI=1S/C39H75NO6S/c1-3-5-7-9-11-13-15-17-19-20-22-23-25-27-29-31-33-37(41)36(35-47(44,45)46)40-39(43)38(42)34-32-30-28-26-24-21-18-16-14-12-10-8-6-4-2/h12,14,16,18,36-38,41-42H,3-11,13,15,17,19-35H2,1-2H3,(H,40,43)(H,44,45,46)/b14-12-,18-16-. The van der Waals surface area contributed by atoms with E-state index in [1.165, 1.54) is 96.3 Å². The minimum atomic E-state index is -4.41. The summed E-state index contributed by atoms with van der Waals surface area (Å²) in [6.07, 6.45) is 37.6. The first kappa shape index (κ1) is 45.8. The number of aliphatic hydroxyl groups excluding tert-OH is 2. The summed E-state index contributed by atoms with van der Waals surface area (Å²) in [7, 11) is -4.41. The van der Waals surface area contributed by atoms with E-state index in [1.807, 2.05) is 0 Å². The first-order valence-corrected chi connectivity index (χ1v) is 21.3. The van der Waals surface area contributed by atoms with Gasteiger partial charge >= 0.3 is 0 Å². The van der Waals surface area contributed by atoms with Crippen LogP contribution in [0.15, 0.2) is 24.3 Å². The summed E-state index contributed by atoms with van der Waals surface area (Å²) in [5, 5.41) is 23.5. The Kier molecular flexibility index (Phi) is 32.4. The van der Waals surface area contributed by atoms with Crippen molar-refractivity contribution < 1.29 is 28.0 Å². The highest BCUT2D eigenvalue weighted by Crippen LogP contribution is 2.16. The molecule has 7 nitrogen and oxygen atoms in total. The SMILES string of the molecule is CCCCC/C=C\C=C/CCCCCCCC(O)C(=O)NC(CS(=O)(=O)O)C(O)CCCCCCCCCCCCCCCCCC. The minimum absolute atomic E-state index is 0.280. The molecule has 0 aliphatic carbocycles. The second-order valence-corrected chi connectivity index (χ2v) is 15.2. The summed E-state index contributed by atoms with van der Waals surface area (Å²) in [4.78, 5) is 12.6. The molecule has 0 heterocycles. The first-order valence-electron chi connectivity index (χ1n) is 19.6. The maximum Gasteiger partial charge on any atom is 0.266 e. The predicted octanol–water partition coefficient (Wildman–Crippen LogP) is 10.2. The molecule has 8 heteroatoms. The molecule has 3 atom stereocenters. The van der Waals surface area contributed by atoms with Crippen molar-refractivity contribution in [3.05, 3.63) is 24.3 Å². The number of aliphatic hydroxyl groups is 2. The van der Waals surface area contributed by atoms with Crippen LogP contribution in [0.3, 0.4) is 0 Å². The molecule has 0 saturated carbocycles. The zero-order valence-electron chi connectivity index (χ0n) is 30.5. The van der Waals surface area contributed by atoms with Crippen LogP contribution in [0.1, 0.15) is 194 Å². The molecule has 0 aromatic rings. The van der Waals surface area contributed by atoms with Crippen molar-refractivity contribution in [1.29, 1.82) is 0 Å². The quantitative estimate of drug-likeness (QED) is 0.0299. The number of nitrogens with one attached hydrogen (secondary N) is 1. The molecule has 0 aliphatic rings. The monoisotopic (exact) mass is 686 g/mol. The summed E-state index contributed by atoms with van der Waals surface area (Å²) in [6, 6.07) is -1.15. The van der Waals surface area contributed by atoms with Gasteiger partial charge in [-0.2, -0.15) is 8.42 Å². The number of carbonyl (C=O) groups excluding carboxylic acids is 1. The van der Waals surface area contributed by atoms with Crippen LogP contribution in [0, 0.1) is 0 Å². The van der Waals surface area contributed by atoms with Crippen molar-refractivity contribution in [2.45, 2.75) is 212 Å². The zero-order valence-corrected chi connectivity index (χ0v) is 31.3. The topological polar surface area (TPSA) is 124 Å². The highest BCUT2D eigenvalue weighted by molar-refractivity contribution is 7.85. The molecule has 0 rings (SSSR count). The van der Waals surface area contributed by atoms with Crippen molar-refractivity contribution >= 4 is 16.0 Å². The van der Waals surface area contributed by atoms with Gasteiger partial charge in [-0.1, -0.05) is 179 Å². The number of allylic oxidation sites excluding steroid dienone is 4. The van der Waals surface area contributed by atoms with Crippen molar-refractivity contribution in [2.24, 2.45) is 0 Å². The van der Waals surface area contributed by atoms with E-state index in [0.717, 1.165) is 57.8 Å². The fraction of sp³-hybridized carbons (Fsp3) is 0.872. The lowest BCUT2D eigenvalue weighted by atomic mass is 10.0. The Labute approximate surface area is 290 Å². The third-order valence-corrected chi connectivity index (χ3v) is 9.82. The Balaban J connectivity index is 4.04. The summed E-state index contributed by atoms with van der Waals surface area (Å²) in [5.41, 5.74) is 0. The van der Waals surface area contributed by atoms with Crippen molar-refractivity contribution in [3.63, 3.8) is 0 Å². The normalized spacial score (nSPS) is 14.2. The van der Waals surface area contributed by atoms with E-state index in [9.17, 15) is 28.0 Å². The van der Waals surface area contributed by atoms with Gasteiger partial charge in [0.15, 0.2) is 0 Å². The smallest absolute Gasteiger partial charge is 0.266 e. The Bertz CT molecular complexity index is 860. The molecule has 1 amide bonds. The van der Waals surface area contributed by atoms with Crippen molar-refractivity contribution in [3.8, 4) is 0 Å². The van der Waals surface area contributed by atoms with Gasteiger partial charge in [0.05, 0.1) is 17.9 Å². The van der Waals surface area contributed by atoms with Crippen molar-refractivity contribution in [1.82, 2.24) is 5.32 Å². The van der Waals surface area contributed by atoms with E-state index in [2.05, 4.69) is 43.5 Å². The van der Waals surface area contributed by atoms with Crippen molar-refractivity contribution in [2.75, 3.05) is 5.75 Å². The lowest BCUT2D eigenvalue weighted by molar-refractivity contribution is -0.131. The molecule has 0 fully saturated rings.